The normalized spacial score (nSPS) is 17.8. The van der Waals surface area contributed by atoms with E-state index in [0.29, 0.717) is 5.03 Å². The number of amides is 1. The van der Waals surface area contributed by atoms with Crippen LogP contribution >= 0.6 is 11.3 Å². The van der Waals surface area contributed by atoms with Crippen LogP contribution in [-0.2, 0) is 15.8 Å². The van der Waals surface area contributed by atoms with Gasteiger partial charge in [0.1, 0.15) is 0 Å². The number of hydrogen-bond acceptors (Lipinski definition) is 5. The molecule has 0 spiro atoms. The molecule has 1 aliphatic rings. The highest BCUT2D eigenvalue weighted by Crippen LogP contribution is 2.28. The van der Waals surface area contributed by atoms with Crippen LogP contribution in [0.1, 0.15) is 5.01 Å². The van der Waals surface area contributed by atoms with Gasteiger partial charge >= 0.3 is 0 Å². The fraction of sp³-hybridized carbons (Fsp3) is 0.0714. The van der Waals surface area contributed by atoms with E-state index in [1.54, 1.807) is 23.7 Å². The zero-order chi connectivity index (χ0) is 15.3. The van der Waals surface area contributed by atoms with Crippen LogP contribution in [0.5, 0.6) is 0 Å². The second-order valence-corrected chi connectivity index (χ2v) is 7.20. The van der Waals surface area contributed by atoms with Gasteiger partial charge < -0.3 is 0 Å². The van der Waals surface area contributed by atoms with Crippen molar-refractivity contribution in [2.45, 2.75) is 6.92 Å². The zero-order valence-electron chi connectivity index (χ0n) is 11.4. The van der Waals surface area contributed by atoms with Gasteiger partial charge in [-0.2, -0.15) is 5.10 Å². The van der Waals surface area contributed by atoms with Gasteiger partial charge in [-0.15, -0.1) is 11.3 Å². The Morgan fingerprint density at radius 1 is 1.32 bits per heavy atom. The SMILES string of the molecule is Cc1nc2cc(-c3cnn(C4=CC(=O)NS4=O)c3)ccc2s1. The second kappa shape index (κ2) is 4.85. The van der Waals surface area contributed by atoms with Crippen LogP contribution in [-0.4, -0.2) is 24.9 Å². The van der Waals surface area contributed by atoms with Gasteiger partial charge in [-0.05, 0) is 24.6 Å². The van der Waals surface area contributed by atoms with Crippen molar-refractivity contribution < 1.29 is 9.00 Å². The number of carbonyl (C=O) groups is 1. The molecule has 110 valence electrons. The first kappa shape index (κ1) is 13.4. The summed E-state index contributed by atoms with van der Waals surface area (Å²) in [4.78, 5) is 15.7. The summed E-state index contributed by atoms with van der Waals surface area (Å²) >= 11 is 1.66. The maximum Gasteiger partial charge on any atom is 0.258 e. The number of thiazole rings is 1. The third-order valence-electron chi connectivity index (χ3n) is 3.27. The van der Waals surface area contributed by atoms with Gasteiger partial charge in [0.25, 0.3) is 5.91 Å². The first-order valence-electron chi connectivity index (χ1n) is 6.47. The highest BCUT2D eigenvalue weighted by molar-refractivity contribution is 7.93. The summed E-state index contributed by atoms with van der Waals surface area (Å²) in [5, 5.41) is 5.55. The van der Waals surface area contributed by atoms with Crippen molar-refractivity contribution in [3.63, 3.8) is 0 Å². The number of carbonyl (C=O) groups excluding carboxylic acids is 1. The van der Waals surface area contributed by atoms with E-state index < -0.39 is 11.0 Å². The van der Waals surface area contributed by atoms with Crippen LogP contribution in [0.2, 0.25) is 0 Å². The minimum absolute atomic E-state index is 0.335. The van der Waals surface area contributed by atoms with E-state index in [-0.39, 0.29) is 5.91 Å². The summed E-state index contributed by atoms with van der Waals surface area (Å²) in [6.07, 6.45) is 4.73. The number of benzene rings is 1. The average Bonchev–Trinajstić information content (AvgIpc) is 3.15. The Hall–Kier alpha value is -2.32. The van der Waals surface area contributed by atoms with E-state index in [9.17, 15) is 9.00 Å². The molecule has 6 nitrogen and oxygen atoms in total. The monoisotopic (exact) mass is 330 g/mol. The third-order valence-corrected chi connectivity index (χ3v) is 5.30. The molecular formula is C14H10N4O2S2. The van der Waals surface area contributed by atoms with Gasteiger partial charge in [0, 0.05) is 17.8 Å². The Morgan fingerprint density at radius 3 is 2.95 bits per heavy atom. The number of nitrogens with zero attached hydrogens (tertiary/aromatic N) is 3. The molecule has 0 aliphatic carbocycles. The summed E-state index contributed by atoms with van der Waals surface area (Å²) in [7, 11) is -1.55. The van der Waals surface area contributed by atoms with Gasteiger partial charge in [0.15, 0.2) is 16.0 Å². The predicted molar refractivity (Wildman–Crippen MR) is 86.1 cm³/mol. The molecule has 22 heavy (non-hydrogen) atoms. The highest BCUT2D eigenvalue weighted by atomic mass is 32.2. The van der Waals surface area contributed by atoms with Crippen molar-refractivity contribution in [1.82, 2.24) is 19.5 Å². The lowest BCUT2D eigenvalue weighted by molar-refractivity contribution is -0.114. The number of nitrogens with one attached hydrogen (secondary N) is 1. The van der Waals surface area contributed by atoms with E-state index in [1.165, 1.54) is 10.8 Å². The fourth-order valence-electron chi connectivity index (χ4n) is 2.30. The number of rotatable bonds is 2. The van der Waals surface area contributed by atoms with Crippen LogP contribution < -0.4 is 4.72 Å². The number of aryl methyl sites for hydroxylation is 1. The molecule has 0 bridgehead atoms. The summed E-state index contributed by atoms with van der Waals surface area (Å²) in [6.45, 7) is 1.98. The van der Waals surface area contributed by atoms with E-state index in [1.807, 2.05) is 25.1 Å². The molecule has 4 rings (SSSR count). The molecule has 0 saturated carbocycles. The van der Waals surface area contributed by atoms with Crippen molar-refractivity contribution in [2.75, 3.05) is 0 Å². The summed E-state index contributed by atoms with van der Waals surface area (Å²) in [5.41, 5.74) is 2.81. The summed E-state index contributed by atoms with van der Waals surface area (Å²) < 4.78 is 16.7. The third kappa shape index (κ3) is 2.16. The molecule has 0 radical (unpaired) electrons. The number of fused-ring (bicyclic) bond motifs is 1. The Morgan fingerprint density at radius 2 is 2.18 bits per heavy atom. The lowest BCUT2D eigenvalue weighted by Crippen LogP contribution is -2.17. The van der Waals surface area contributed by atoms with Crippen LogP contribution in [0.4, 0.5) is 0 Å². The average molecular weight is 330 g/mol. The predicted octanol–water partition coefficient (Wildman–Crippen LogP) is 2.06. The molecule has 2 aromatic heterocycles. The highest BCUT2D eigenvalue weighted by Gasteiger charge is 2.22. The molecule has 3 aromatic rings. The van der Waals surface area contributed by atoms with Gasteiger partial charge in [-0.1, -0.05) is 6.07 Å². The van der Waals surface area contributed by atoms with Crippen molar-refractivity contribution in [1.29, 1.82) is 0 Å². The maximum atomic E-state index is 11.7. The van der Waals surface area contributed by atoms with E-state index in [4.69, 9.17) is 0 Å². The summed E-state index contributed by atoms with van der Waals surface area (Å²) in [5.74, 6) is -0.371. The fourth-order valence-corrected chi connectivity index (χ4v) is 3.94. The number of hydrogen-bond donors (Lipinski definition) is 1. The molecule has 0 saturated heterocycles. The molecule has 3 heterocycles. The largest absolute Gasteiger partial charge is 0.269 e. The maximum absolute atomic E-state index is 11.7. The van der Waals surface area contributed by atoms with Crippen molar-refractivity contribution in [2.24, 2.45) is 0 Å². The quantitative estimate of drug-likeness (QED) is 0.780. The van der Waals surface area contributed by atoms with Gasteiger partial charge in [-0.3, -0.25) is 9.52 Å². The molecule has 1 atom stereocenters. The van der Waals surface area contributed by atoms with Crippen LogP contribution in [0.25, 0.3) is 26.4 Å². The standard InChI is InChI=1S/C14H10N4O2S2/c1-8-16-11-4-9(2-3-12(11)21-8)10-6-15-18(7-10)14-5-13(19)17-22(14)20/h2-7H,1H3,(H,17,19). The van der Waals surface area contributed by atoms with Crippen LogP contribution in [0.15, 0.2) is 36.7 Å². The minimum Gasteiger partial charge on any atom is -0.269 e. The molecule has 1 aliphatic heterocycles. The molecular weight excluding hydrogens is 320 g/mol. The van der Waals surface area contributed by atoms with E-state index >= 15 is 0 Å². The molecule has 1 aromatic carbocycles. The lowest BCUT2D eigenvalue weighted by Gasteiger charge is -1.99. The van der Waals surface area contributed by atoms with Crippen LogP contribution in [0.3, 0.4) is 0 Å². The molecule has 1 unspecified atom stereocenters. The molecule has 1 amide bonds. The summed E-state index contributed by atoms with van der Waals surface area (Å²) in [6, 6.07) is 6.04. The Labute approximate surface area is 132 Å². The van der Waals surface area contributed by atoms with Crippen molar-refractivity contribution in [3.05, 3.63) is 41.7 Å². The topological polar surface area (TPSA) is 76.9 Å². The first-order chi connectivity index (χ1) is 10.6. The van der Waals surface area contributed by atoms with Gasteiger partial charge in [0.2, 0.25) is 0 Å². The second-order valence-electron chi connectivity index (χ2n) is 4.81. The zero-order valence-corrected chi connectivity index (χ0v) is 13.1. The van der Waals surface area contributed by atoms with Crippen LogP contribution in [0, 0.1) is 6.92 Å². The van der Waals surface area contributed by atoms with E-state index in [2.05, 4.69) is 14.8 Å². The van der Waals surface area contributed by atoms with Gasteiger partial charge in [-0.25, -0.2) is 13.9 Å². The van der Waals surface area contributed by atoms with Gasteiger partial charge in [0.05, 0.1) is 21.4 Å². The van der Waals surface area contributed by atoms with E-state index in [0.717, 1.165) is 26.4 Å². The Balaban J connectivity index is 1.75. The molecule has 8 heteroatoms. The smallest absolute Gasteiger partial charge is 0.258 e. The minimum atomic E-state index is -1.55. The molecule has 0 fully saturated rings. The number of aromatic nitrogens is 3. The molecule has 1 N–H and O–H groups in total. The Bertz CT molecular complexity index is 970. The van der Waals surface area contributed by atoms with Crippen molar-refractivity contribution in [3.8, 4) is 11.1 Å². The first-order valence-corrected chi connectivity index (χ1v) is 8.43. The lowest BCUT2D eigenvalue weighted by atomic mass is 10.1. The van der Waals surface area contributed by atoms with Crippen molar-refractivity contribution >= 4 is 43.5 Å². The Kier molecular flexibility index (Phi) is 2.95.